The van der Waals surface area contributed by atoms with E-state index in [1.165, 1.54) is 0 Å². The van der Waals surface area contributed by atoms with E-state index < -0.39 is 18.2 Å². The highest BCUT2D eigenvalue weighted by Gasteiger charge is 2.70. The summed E-state index contributed by atoms with van der Waals surface area (Å²) in [5, 5.41) is 43.3. The minimum Gasteiger partial charge on any atom is -0.481 e. The molecule has 0 radical (unpaired) electrons. The number of carbonyl (C=O) groups is 1. The molecule has 4 saturated carbocycles. The lowest BCUT2D eigenvalue weighted by Gasteiger charge is -2.69. The summed E-state index contributed by atoms with van der Waals surface area (Å²) in [6, 6.07) is 0. The maximum atomic E-state index is 11.7. The summed E-state index contributed by atoms with van der Waals surface area (Å²) in [6.07, 6.45) is 4.69. The van der Waals surface area contributed by atoms with E-state index in [0.717, 1.165) is 32.1 Å². The van der Waals surface area contributed by atoms with Gasteiger partial charge in [-0.1, -0.05) is 41.5 Å². The van der Waals surface area contributed by atoms with E-state index in [9.17, 15) is 25.2 Å². The molecule has 184 valence electrons. The maximum Gasteiger partial charge on any atom is 0.306 e. The van der Waals surface area contributed by atoms with Gasteiger partial charge in [0.1, 0.15) is 0 Å². The summed E-state index contributed by atoms with van der Waals surface area (Å²) in [6.45, 7) is 13.0. The second kappa shape index (κ2) is 7.95. The van der Waals surface area contributed by atoms with Gasteiger partial charge >= 0.3 is 5.97 Å². The smallest absolute Gasteiger partial charge is 0.306 e. The second-order valence-electron chi connectivity index (χ2n) is 13.1. The fraction of sp³-hybridized carbons (Fsp3) is 0.963. The van der Waals surface area contributed by atoms with E-state index >= 15 is 0 Å². The van der Waals surface area contributed by atoms with Crippen molar-refractivity contribution in [1.29, 1.82) is 0 Å². The van der Waals surface area contributed by atoms with Gasteiger partial charge < -0.3 is 20.4 Å². The van der Waals surface area contributed by atoms with Crippen molar-refractivity contribution in [2.24, 2.45) is 57.7 Å². The summed E-state index contributed by atoms with van der Waals surface area (Å²) in [7, 11) is 0. The molecule has 5 heteroatoms. The first-order chi connectivity index (χ1) is 14.8. The Kier molecular flexibility index (Phi) is 6.08. The first-order valence-electron chi connectivity index (χ1n) is 13.1. The van der Waals surface area contributed by atoms with E-state index in [0.29, 0.717) is 12.8 Å². The van der Waals surface area contributed by atoms with Crippen LogP contribution in [0.15, 0.2) is 0 Å². The molecule has 0 saturated heterocycles. The average Bonchev–Trinajstić information content (AvgIpc) is 3.07. The largest absolute Gasteiger partial charge is 0.481 e. The van der Waals surface area contributed by atoms with Crippen LogP contribution in [-0.2, 0) is 4.79 Å². The predicted molar refractivity (Wildman–Crippen MR) is 124 cm³/mol. The minimum atomic E-state index is -0.746. The van der Waals surface area contributed by atoms with Crippen LogP contribution >= 0.6 is 0 Å². The van der Waals surface area contributed by atoms with Gasteiger partial charge in [-0.25, -0.2) is 0 Å². The number of carboxylic acids is 1. The molecule has 13 atom stereocenters. The van der Waals surface area contributed by atoms with Crippen molar-refractivity contribution in [3.63, 3.8) is 0 Å². The van der Waals surface area contributed by atoms with E-state index in [2.05, 4.69) is 34.6 Å². The van der Waals surface area contributed by atoms with Gasteiger partial charge in [-0.3, -0.25) is 4.79 Å². The lowest BCUT2D eigenvalue weighted by molar-refractivity contribution is -0.256. The second-order valence-corrected chi connectivity index (χ2v) is 13.1. The maximum absolute atomic E-state index is 11.7. The summed E-state index contributed by atoms with van der Waals surface area (Å²) >= 11 is 0. The zero-order chi connectivity index (χ0) is 23.8. The lowest BCUT2D eigenvalue weighted by atomic mass is 9.37. The Morgan fingerprint density at radius 3 is 2.28 bits per heavy atom. The Labute approximate surface area is 194 Å². The van der Waals surface area contributed by atoms with Crippen molar-refractivity contribution in [3.05, 3.63) is 0 Å². The highest BCUT2D eigenvalue weighted by atomic mass is 16.4. The number of aliphatic hydroxyl groups is 3. The van der Waals surface area contributed by atoms with Crippen LogP contribution < -0.4 is 0 Å². The SMILES string of the molecule is CC1[C@@H](O)C2C3CC[C@H]([C@H](C)C[C@H](C)C(=O)O)[C@@]3(C)[C@@H](O)CC2[C@@]2(C)CC[C@@H](O)C[C@@]12C. The van der Waals surface area contributed by atoms with E-state index in [-0.39, 0.29) is 63.8 Å². The number of hydrogen-bond acceptors (Lipinski definition) is 4. The lowest BCUT2D eigenvalue weighted by Crippen LogP contribution is -2.68. The summed E-state index contributed by atoms with van der Waals surface area (Å²) in [5.41, 5.74) is -0.419. The summed E-state index contributed by atoms with van der Waals surface area (Å²) < 4.78 is 0. The molecule has 0 bridgehead atoms. The van der Waals surface area contributed by atoms with Crippen molar-refractivity contribution in [2.75, 3.05) is 0 Å². The molecule has 4 N–H and O–H groups in total. The Hall–Kier alpha value is -0.650. The van der Waals surface area contributed by atoms with Crippen LogP contribution in [0.25, 0.3) is 0 Å². The molecule has 0 aliphatic heterocycles. The minimum absolute atomic E-state index is 0.000617. The van der Waals surface area contributed by atoms with E-state index in [4.69, 9.17) is 0 Å². The van der Waals surface area contributed by atoms with E-state index in [1.807, 2.05) is 0 Å². The molecule has 32 heavy (non-hydrogen) atoms. The first-order valence-corrected chi connectivity index (χ1v) is 13.1. The molecule has 0 aromatic carbocycles. The van der Waals surface area contributed by atoms with Gasteiger partial charge in [0.25, 0.3) is 0 Å². The van der Waals surface area contributed by atoms with Gasteiger partial charge in [-0.15, -0.1) is 0 Å². The van der Waals surface area contributed by atoms with Crippen molar-refractivity contribution in [3.8, 4) is 0 Å². The van der Waals surface area contributed by atoms with Gasteiger partial charge in [0, 0.05) is 0 Å². The molecule has 0 aromatic heterocycles. The van der Waals surface area contributed by atoms with Gasteiger partial charge in [0.05, 0.1) is 24.2 Å². The summed E-state index contributed by atoms with van der Waals surface area (Å²) in [5.74, 6) is 0.167. The standard InChI is InChI=1S/C27H46O5/c1-14(11-15(2)24(31)32)18-7-8-19-22-20(12-21(29)27(18,19)6)25(4)10-9-17(28)13-26(25,5)16(3)23(22)30/h14-23,28-30H,7-13H2,1-6H3,(H,31,32)/t14-,15+,16?,17-,18-,19?,20?,21+,22?,23-,25-,26+,27-/m1/s1. The first kappa shape index (κ1) is 24.5. The fourth-order valence-corrected chi connectivity index (χ4v) is 9.77. The molecule has 5 nitrogen and oxygen atoms in total. The average molecular weight is 451 g/mol. The van der Waals surface area contributed by atoms with E-state index in [1.54, 1.807) is 6.92 Å². The van der Waals surface area contributed by atoms with Crippen LogP contribution in [0.1, 0.15) is 86.5 Å². The predicted octanol–water partition coefficient (Wildman–Crippen LogP) is 4.33. The highest BCUT2D eigenvalue weighted by Crippen LogP contribution is 2.72. The van der Waals surface area contributed by atoms with Crippen molar-refractivity contribution >= 4 is 5.97 Å². The molecule has 0 heterocycles. The molecular formula is C27H46O5. The topological polar surface area (TPSA) is 98.0 Å². The molecule has 4 fully saturated rings. The molecule has 0 spiro atoms. The molecule has 4 rings (SSSR count). The zero-order valence-electron chi connectivity index (χ0n) is 20.9. The van der Waals surface area contributed by atoms with Crippen LogP contribution in [0.5, 0.6) is 0 Å². The van der Waals surface area contributed by atoms with Crippen molar-refractivity contribution in [2.45, 2.75) is 105 Å². The Balaban J connectivity index is 1.68. The third-order valence-corrected chi connectivity index (χ3v) is 12.0. The van der Waals surface area contributed by atoms with Gasteiger partial charge in [0.15, 0.2) is 0 Å². The molecular weight excluding hydrogens is 404 g/mol. The van der Waals surface area contributed by atoms with Crippen molar-refractivity contribution < 1.29 is 25.2 Å². The number of aliphatic hydroxyl groups excluding tert-OH is 3. The van der Waals surface area contributed by atoms with Crippen LogP contribution in [0.2, 0.25) is 0 Å². The Morgan fingerprint density at radius 2 is 1.66 bits per heavy atom. The highest BCUT2D eigenvalue weighted by molar-refractivity contribution is 5.69. The third-order valence-electron chi connectivity index (χ3n) is 12.0. The summed E-state index contributed by atoms with van der Waals surface area (Å²) in [4.78, 5) is 11.5. The van der Waals surface area contributed by atoms with Crippen LogP contribution in [0, 0.1) is 57.7 Å². The number of aliphatic carboxylic acids is 1. The quantitative estimate of drug-likeness (QED) is 0.511. The number of fused-ring (bicyclic) bond motifs is 5. The number of rotatable bonds is 4. The number of hydrogen-bond donors (Lipinski definition) is 4. The Morgan fingerprint density at radius 1 is 1.00 bits per heavy atom. The molecule has 4 unspecified atom stereocenters. The van der Waals surface area contributed by atoms with Gasteiger partial charge in [-0.2, -0.15) is 0 Å². The number of carboxylic acid groups (broad SMARTS) is 1. The fourth-order valence-electron chi connectivity index (χ4n) is 9.77. The molecule has 0 aromatic rings. The normalized spacial score (nSPS) is 54.8. The van der Waals surface area contributed by atoms with Gasteiger partial charge in [0.2, 0.25) is 0 Å². The van der Waals surface area contributed by atoms with Gasteiger partial charge in [-0.05, 0) is 96.7 Å². The van der Waals surface area contributed by atoms with Crippen LogP contribution in [0.3, 0.4) is 0 Å². The van der Waals surface area contributed by atoms with Crippen LogP contribution in [-0.4, -0.2) is 44.7 Å². The monoisotopic (exact) mass is 450 g/mol. The van der Waals surface area contributed by atoms with Crippen molar-refractivity contribution in [1.82, 2.24) is 0 Å². The third kappa shape index (κ3) is 3.16. The zero-order valence-corrected chi connectivity index (χ0v) is 20.9. The Bertz CT molecular complexity index is 740. The molecule has 4 aliphatic carbocycles. The molecule has 0 amide bonds. The van der Waals surface area contributed by atoms with Crippen LogP contribution in [0.4, 0.5) is 0 Å². The molecule has 4 aliphatic rings.